The number of aromatic nitrogens is 2. The van der Waals surface area contributed by atoms with Gasteiger partial charge in [-0.25, -0.2) is 18.7 Å². The number of benzene rings is 1. The van der Waals surface area contributed by atoms with Crippen LogP contribution in [0.15, 0.2) is 30.5 Å². The van der Waals surface area contributed by atoms with Crippen molar-refractivity contribution in [2.45, 2.75) is 31.6 Å². The number of hydrogen-bond acceptors (Lipinski definition) is 4. The first-order valence-electron chi connectivity index (χ1n) is 8.14. The minimum absolute atomic E-state index is 0.0699. The molecule has 3 rings (SSSR count). The van der Waals surface area contributed by atoms with E-state index >= 15 is 0 Å². The van der Waals surface area contributed by atoms with Crippen LogP contribution in [0.5, 0.6) is 0 Å². The first kappa shape index (κ1) is 18.5. The third kappa shape index (κ3) is 4.66. The molecule has 0 bridgehead atoms. The van der Waals surface area contributed by atoms with Gasteiger partial charge in [0.2, 0.25) is 5.95 Å². The number of hydrogen-bond donors (Lipinski definition) is 1. The minimum atomic E-state index is -4.52. The Morgan fingerprint density at radius 2 is 1.96 bits per heavy atom. The number of likely N-dealkylation sites (tertiary alicyclic amines) is 1. The van der Waals surface area contributed by atoms with E-state index < -0.39 is 23.5 Å². The van der Waals surface area contributed by atoms with Crippen molar-refractivity contribution in [1.82, 2.24) is 14.9 Å². The van der Waals surface area contributed by atoms with Crippen LogP contribution >= 0.6 is 0 Å². The van der Waals surface area contributed by atoms with Crippen molar-refractivity contribution >= 4 is 5.95 Å². The smallest absolute Gasteiger partial charge is 0.350 e. The first-order valence-corrected chi connectivity index (χ1v) is 8.14. The molecule has 1 aromatic carbocycles. The van der Waals surface area contributed by atoms with Gasteiger partial charge in [0.05, 0.1) is 0 Å². The molecule has 1 N–H and O–H groups in total. The van der Waals surface area contributed by atoms with E-state index in [9.17, 15) is 22.0 Å². The maximum Gasteiger partial charge on any atom is 0.433 e. The summed E-state index contributed by atoms with van der Waals surface area (Å²) in [6.07, 6.45) is -1.88. The van der Waals surface area contributed by atoms with Gasteiger partial charge < -0.3 is 5.32 Å². The zero-order chi connectivity index (χ0) is 18.7. The Morgan fingerprint density at radius 3 is 2.69 bits per heavy atom. The highest BCUT2D eigenvalue weighted by Crippen LogP contribution is 2.28. The van der Waals surface area contributed by atoms with Gasteiger partial charge in [-0.3, -0.25) is 4.90 Å². The van der Waals surface area contributed by atoms with Gasteiger partial charge in [-0.15, -0.1) is 0 Å². The van der Waals surface area contributed by atoms with Crippen molar-refractivity contribution in [3.05, 3.63) is 53.4 Å². The summed E-state index contributed by atoms with van der Waals surface area (Å²) < 4.78 is 64.5. The largest absolute Gasteiger partial charge is 0.433 e. The average molecular weight is 372 g/mol. The van der Waals surface area contributed by atoms with Gasteiger partial charge in [0.15, 0.2) is 11.6 Å². The van der Waals surface area contributed by atoms with E-state index in [4.69, 9.17) is 0 Å². The fourth-order valence-corrected chi connectivity index (χ4v) is 2.98. The first-order chi connectivity index (χ1) is 12.3. The van der Waals surface area contributed by atoms with E-state index in [1.165, 1.54) is 6.07 Å². The number of nitrogens with one attached hydrogen (secondary N) is 1. The molecule has 0 radical (unpaired) electrons. The van der Waals surface area contributed by atoms with Gasteiger partial charge >= 0.3 is 6.18 Å². The average Bonchev–Trinajstić information content (AvgIpc) is 2.58. The summed E-state index contributed by atoms with van der Waals surface area (Å²) in [6.45, 7) is 1.73. The van der Waals surface area contributed by atoms with E-state index in [2.05, 4.69) is 15.3 Å². The van der Waals surface area contributed by atoms with Crippen LogP contribution in [-0.2, 0) is 12.7 Å². The lowest BCUT2D eigenvalue weighted by atomic mass is 10.0. The predicted molar refractivity (Wildman–Crippen MR) is 85.3 cm³/mol. The fraction of sp³-hybridized carbons (Fsp3) is 0.412. The molecule has 1 aliphatic heterocycles. The monoisotopic (exact) mass is 372 g/mol. The highest BCUT2D eigenvalue weighted by atomic mass is 19.4. The second-order valence-corrected chi connectivity index (χ2v) is 6.23. The van der Waals surface area contributed by atoms with Crippen LogP contribution < -0.4 is 5.32 Å². The molecular weight excluding hydrogens is 355 g/mol. The van der Waals surface area contributed by atoms with E-state index in [1.54, 1.807) is 0 Å². The number of rotatable bonds is 4. The van der Waals surface area contributed by atoms with E-state index in [1.807, 2.05) is 4.90 Å². The Bertz CT molecular complexity index is 765. The second kappa shape index (κ2) is 7.53. The van der Waals surface area contributed by atoms with Crippen LogP contribution in [0, 0.1) is 11.6 Å². The predicted octanol–water partition coefficient (Wildman–Crippen LogP) is 3.85. The van der Waals surface area contributed by atoms with Crippen LogP contribution in [0.3, 0.4) is 0 Å². The molecule has 4 nitrogen and oxygen atoms in total. The van der Waals surface area contributed by atoms with Gasteiger partial charge in [0.25, 0.3) is 0 Å². The topological polar surface area (TPSA) is 41.0 Å². The van der Waals surface area contributed by atoms with Gasteiger partial charge in [-0.05, 0) is 43.1 Å². The standard InChI is InChI=1S/C17H17F5N4/c18-13-4-3-11(8-14(13)19)9-26-7-1-2-12(10-26)24-16-23-6-5-15(25-16)17(20,21)22/h3-6,8,12H,1-2,7,9-10H2,(H,23,24,25). The SMILES string of the molecule is Fc1ccc(CN2CCCC(Nc3nccc(C(F)(F)F)n3)C2)cc1F. The van der Waals surface area contributed by atoms with Crippen molar-refractivity contribution < 1.29 is 22.0 Å². The van der Waals surface area contributed by atoms with Crippen LogP contribution in [-0.4, -0.2) is 34.0 Å². The zero-order valence-electron chi connectivity index (χ0n) is 13.7. The Balaban J connectivity index is 1.62. The highest BCUT2D eigenvalue weighted by molar-refractivity contribution is 5.28. The Kier molecular flexibility index (Phi) is 5.36. The maximum atomic E-state index is 13.3. The molecule has 26 heavy (non-hydrogen) atoms. The zero-order valence-corrected chi connectivity index (χ0v) is 13.7. The summed E-state index contributed by atoms with van der Waals surface area (Å²) >= 11 is 0. The van der Waals surface area contributed by atoms with Gasteiger partial charge in [0, 0.05) is 25.3 Å². The van der Waals surface area contributed by atoms with Crippen LogP contribution in [0.25, 0.3) is 0 Å². The van der Waals surface area contributed by atoms with Gasteiger partial charge in [-0.2, -0.15) is 13.2 Å². The van der Waals surface area contributed by atoms with Crippen LogP contribution in [0.1, 0.15) is 24.1 Å². The molecule has 9 heteroatoms. The molecule has 0 spiro atoms. The number of nitrogens with zero attached hydrogens (tertiary/aromatic N) is 3. The summed E-state index contributed by atoms with van der Waals surface area (Å²) in [5, 5.41) is 2.93. The van der Waals surface area contributed by atoms with Gasteiger partial charge in [-0.1, -0.05) is 6.07 Å². The normalized spacial score (nSPS) is 18.7. The summed E-state index contributed by atoms with van der Waals surface area (Å²) in [5.74, 6) is -1.86. The number of alkyl halides is 3. The third-order valence-corrected chi connectivity index (χ3v) is 4.17. The molecule has 2 heterocycles. The molecule has 1 saturated heterocycles. The van der Waals surface area contributed by atoms with Gasteiger partial charge in [0.1, 0.15) is 5.69 Å². The van der Waals surface area contributed by atoms with Crippen LogP contribution in [0.4, 0.5) is 27.9 Å². The van der Waals surface area contributed by atoms with Crippen molar-refractivity contribution in [1.29, 1.82) is 0 Å². The molecular formula is C17H17F5N4. The van der Waals surface area contributed by atoms with Crippen LogP contribution in [0.2, 0.25) is 0 Å². The van der Waals surface area contributed by atoms with E-state index in [-0.39, 0.29) is 12.0 Å². The van der Waals surface area contributed by atoms with Crippen molar-refractivity contribution in [2.24, 2.45) is 0 Å². The molecule has 1 fully saturated rings. The molecule has 2 aromatic rings. The molecule has 140 valence electrons. The van der Waals surface area contributed by atoms with E-state index in [0.29, 0.717) is 18.7 Å². The fourth-order valence-electron chi connectivity index (χ4n) is 2.98. The molecule has 1 aromatic heterocycles. The summed E-state index contributed by atoms with van der Waals surface area (Å²) in [7, 11) is 0. The minimum Gasteiger partial charge on any atom is -0.350 e. The van der Waals surface area contributed by atoms with Crippen molar-refractivity contribution in [3.8, 4) is 0 Å². The maximum absolute atomic E-state index is 13.3. The molecule has 1 unspecified atom stereocenters. The second-order valence-electron chi connectivity index (χ2n) is 6.23. The molecule has 0 aliphatic carbocycles. The molecule has 0 amide bonds. The Labute approximate surface area is 147 Å². The third-order valence-electron chi connectivity index (χ3n) is 4.17. The highest BCUT2D eigenvalue weighted by Gasteiger charge is 2.33. The van der Waals surface area contributed by atoms with E-state index in [0.717, 1.165) is 43.8 Å². The quantitative estimate of drug-likeness (QED) is 0.828. The lowest BCUT2D eigenvalue weighted by Crippen LogP contribution is -2.42. The Morgan fingerprint density at radius 1 is 1.15 bits per heavy atom. The summed E-state index contributed by atoms with van der Waals surface area (Å²) in [5.41, 5.74) is -0.357. The summed E-state index contributed by atoms with van der Waals surface area (Å²) in [6, 6.07) is 4.45. The lowest BCUT2D eigenvalue weighted by molar-refractivity contribution is -0.141. The van der Waals surface area contributed by atoms with Crippen molar-refractivity contribution in [2.75, 3.05) is 18.4 Å². The molecule has 0 saturated carbocycles. The number of piperidine rings is 1. The number of halogens is 5. The lowest BCUT2D eigenvalue weighted by Gasteiger charge is -2.33. The molecule has 1 atom stereocenters. The number of anilines is 1. The molecule has 1 aliphatic rings. The van der Waals surface area contributed by atoms with Crippen molar-refractivity contribution in [3.63, 3.8) is 0 Å². The summed E-state index contributed by atoms with van der Waals surface area (Å²) in [4.78, 5) is 9.39. The Hall–Kier alpha value is -2.29.